The topological polar surface area (TPSA) is 58.6 Å². The number of esters is 1. The molecule has 1 aliphatic rings. The van der Waals surface area contributed by atoms with Gasteiger partial charge in [0, 0.05) is 22.8 Å². The van der Waals surface area contributed by atoms with Gasteiger partial charge < -0.3 is 10.1 Å². The number of carbonyl (C=O) groups is 2. The van der Waals surface area contributed by atoms with Gasteiger partial charge in [0.25, 0.3) is 0 Å². The van der Waals surface area contributed by atoms with Gasteiger partial charge in [0.15, 0.2) is 0 Å². The molecule has 2 rings (SSSR count). The summed E-state index contributed by atoms with van der Waals surface area (Å²) in [4.78, 5) is 26.0. The summed E-state index contributed by atoms with van der Waals surface area (Å²) in [5, 5.41) is 2.78. The lowest BCUT2D eigenvalue weighted by molar-refractivity contribution is -0.136. The van der Waals surface area contributed by atoms with E-state index in [2.05, 4.69) is 5.32 Å². The third-order valence-corrected chi connectivity index (χ3v) is 4.07. The van der Waals surface area contributed by atoms with Gasteiger partial charge in [0.1, 0.15) is 5.82 Å². The van der Waals surface area contributed by atoms with E-state index >= 15 is 0 Å². The van der Waals surface area contributed by atoms with Crippen molar-refractivity contribution in [3.05, 3.63) is 45.9 Å². The molecular formula is C16H18ClFN2O3. The molecule has 1 atom stereocenters. The first kappa shape index (κ1) is 17.3. The lowest BCUT2D eigenvalue weighted by Crippen LogP contribution is -2.48. The summed E-state index contributed by atoms with van der Waals surface area (Å²) in [6.07, 6.45) is 0.713. The maximum atomic E-state index is 14.3. The number of benzene rings is 1. The second kappa shape index (κ2) is 7.00. The van der Waals surface area contributed by atoms with Crippen molar-refractivity contribution < 1.29 is 18.7 Å². The number of allylic oxidation sites excluding steroid dienone is 1. The molecule has 5 nitrogen and oxygen atoms in total. The van der Waals surface area contributed by atoms with Gasteiger partial charge in [-0.1, -0.05) is 24.6 Å². The summed E-state index contributed by atoms with van der Waals surface area (Å²) in [6, 6.07) is 2.81. The van der Waals surface area contributed by atoms with Gasteiger partial charge in [-0.05, 0) is 25.5 Å². The molecule has 23 heavy (non-hydrogen) atoms. The van der Waals surface area contributed by atoms with Crippen LogP contribution in [0.4, 0.5) is 9.18 Å². The fourth-order valence-corrected chi connectivity index (χ4v) is 2.92. The van der Waals surface area contributed by atoms with Crippen molar-refractivity contribution in [2.45, 2.75) is 26.3 Å². The highest BCUT2D eigenvalue weighted by atomic mass is 35.5. The van der Waals surface area contributed by atoms with Crippen LogP contribution in [0.3, 0.4) is 0 Å². The molecule has 124 valence electrons. The average molecular weight is 341 g/mol. The Kier molecular flexibility index (Phi) is 5.26. The first-order valence-electron chi connectivity index (χ1n) is 7.23. The minimum absolute atomic E-state index is 0.0541. The molecule has 2 amide bonds. The van der Waals surface area contributed by atoms with E-state index in [1.54, 1.807) is 6.92 Å². The van der Waals surface area contributed by atoms with Crippen molar-refractivity contribution in [3.63, 3.8) is 0 Å². The molecule has 0 spiro atoms. The Morgan fingerprint density at radius 1 is 1.48 bits per heavy atom. The number of carbonyl (C=O) groups excluding carboxylic acids is 2. The largest absolute Gasteiger partial charge is 0.466 e. The summed E-state index contributed by atoms with van der Waals surface area (Å²) in [5.74, 6) is -1.23. The highest BCUT2D eigenvalue weighted by Crippen LogP contribution is 2.36. The molecule has 1 aromatic carbocycles. The van der Waals surface area contributed by atoms with Crippen LogP contribution in [-0.2, 0) is 9.53 Å². The Balaban J connectivity index is 2.62. The second-order valence-corrected chi connectivity index (χ2v) is 5.57. The SMILES string of the molecule is CCCN1C(=O)N[C@H](c2c(F)cccc2Cl)C(C(=O)OC)=C1C. The van der Waals surface area contributed by atoms with E-state index in [0.29, 0.717) is 18.7 Å². The van der Waals surface area contributed by atoms with E-state index in [0.717, 1.165) is 0 Å². The third kappa shape index (κ3) is 3.17. The number of ether oxygens (including phenoxy) is 1. The van der Waals surface area contributed by atoms with Crippen LogP contribution in [-0.4, -0.2) is 30.6 Å². The maximum Gasteiger partial charge on any atom is 0.337 e. The molecule has 0 saturated carbocycles. The first-order chi connectivity index (χ1) is 10.9. The first-order valence-corrected chi connectivity index (χ1v) is 7.61. The molecule has 1 heterocycles. The van der Waals surface area contributed by atoms with Crippen LogP contribution in [0.1, 0.15) is 31.9 Å². The maximum absolute atomic E-state index is 14.3. The van der Waals surface area contributed by atoms with E-state index in [1.165, 1.54) is 30.2 Å². The predicted octanol–water partition coefficient (Wildman–Crippen LogP) is 3.40. The number of nitrogens with one attached hydrogen (secondary N) is 1. The fraction of sp³-hybridized carbons (Fsp3) is 0.375. The van der Waals surface area contributed by atoms with Crippen LogP contribution in [0.25, 0.3) is 0 Å². The minimum atomic E-state index is -0.989. The zero-order valence-corrected chi connectivity index (χ0v) is 13.9. The number of urea groups is 1. The van der Waals surface area contributed by atoms with Crippen LogP contribution in [0.15, 0.2) is 29.5 Å². The number of hydrogen-bond donors (Lipinski definition) is 1. The van der Waals surface area contributed by atoms with Crippen molar-refractivity contribution in [1.29, 1.82) is 0 Å². The fourth-order valence-electron chi connectivity index (χ4n) is 2.65. The van der Waals surface area contributed by atoms with E-state index in [-0.39, 0.29) is 16.2 Å². The molecule has 0 fully saturated rings. The zero-order valence-electron chi connectivity index (χ0n) is 13.2. The standard InChI is InChI=1S/C16H18ClFN2O3/c1-4-8-20-9(2)12(15(21)23-3)14(19-16(20)22)13-10(17)6-5-7-11(13)18/h5-7,14H,4,8H2,1-3H3,(H,19,22)/t14-/m0/s1. The summed E-state index contributed by atoms with van der Waals surface area (Å²) < 4.78 is 19.1. The highest BCUT2D eigenvalue weighted by molar-refractivity contribution is 6.31. The van der Waals surface area contributed by atoms with Gasteiger partial charge >= 0.3 is 12.0 Å². The van der Waals surface area contributed by atoms with Crippen LogP contribution in [0.2, 0.25) is 5.02 Å². The quantitative estimate of drug-likeness (QED) is 0.855. The molecule has 1 aliphatic heterocycles. The Labute approximate surface area is 139 Å². The van der Waals surface area contributed by atoms with Gasteiger partial charge in [0.2, 0.25) is 0 Å². The van der Waals surface area contributed by atoms with E-state index in [1.807, 2.05) is 6.92 Å². The molecule has 0 aromatic heterocycles. The van der Waals surface area contributed by atoms with Crippen LogP contribution in [0, 0.1) is 5.82 Å². The Morgan fingerprint density at radius 2 is 2.17 bits per heavy atom. The predicted molar refractivity (Wildman–Crippen MR) is 84.4 cm³/mol. The van der Waals surface area contributed by atoms with Crippen molar-refractivity contribution >= 4 is 23.6 Å². The van der Waals surface area contributed by atoms with E-state index in [4.69, 9.17) is 16.3 Å². The van der Waals surface area contributed by atoms with Gasteiger partial charge in [-0.25, -0.2) is 14.0 Å². The summed E-state index contributed by atoms with van der Waals surface area (Å²) in [5.41, 5.74) is 0.665. The Bertz CT molecular complexity index is 655. The molecule has 0 bridgehead atoms. The summed E-state index contributed by atoms with van der Waals surface area (Å²) >= 11 is 6.09. The van der Waals surface area contributed by atoms with E-state index in [9.17, 15) is 14.0 Å². The normalized spacial score (nSPS) is 18.0. The van der Waals surface area contributed by atoms with Gasteiger partial charge in [-0.15, -0.1) is 0 Å². The third-order valence-electron chi connectivity index (χ3n) is 3.74. The minimum Gasteiger partial charge on any atom is -0.466 e. The van der Waals surface area contributed by atoms with Gasteiger partial charge in [0.05, 0.1) is 18.7 Å². The van der Waals surface area contributed by atoms with Gasteiger partial charge in [-0.2, -0.15) is 0 Å². The number of methoxy groups -OCH3 is 1. The van der Waals surface area contributed by atoms with Crippen LogP contribution >= 0.6 is 11.6 Å². The molecule has 1 aromatic rings. The van der Waals surface area contributed by atoms with Crippen molar-refractivity contribution in [2.75, 3.05) is 13.7 Å². The number of hydrogen-bond acceptors (Lipinski definition) is 3. The van der Waals surface area contributed by atoms with Crippen LogP contribution < -0.4 is 5.32 Å². The average Bonchev–Trinajstić information content (AvgIpc) is 2.50. The molecule has 1 N–H and O–H groups in total. The van der Waals surface area contributed by atoms with Crippen molar-refractivity contribution in [3.8, 4) is 0 Å². The van der Waals surface area contributed by atoms with E-state index < -0.39 is 23.9 Å². The number of rotatable bonds is 4. The smallest absolute Gasteiger partial charge is 0.337 e. The molecule has 0 aliphatic carbocycles. The molecule has 0 saturated heterocycles. The van der Waals surface area contributed by atoms with Crippen molar-refractivity contribution in [2.24, 2.45) is 0 Å². The van der Waals surface area contributed by atoms with Crippen LogP contribution in [0.5, 0.6) is 0 Å². The molecule has 0 radical (unpaired) electrons. The molecular weight excluding hydrogens is 323 g/mol. The summed E-state index contributed by atoms with van der Waals surface area (Å²) in [6.45, 7) is 4.00. The zero-order chi connectivity index (χ0) is 17.1. The lowest BCUT2D eigenvalue weighted by atomic mass is 9.94. The number of halogens is 2. The number of nitrogens with zero attached hydrogens (tertiary/aromatic N) is 1. The summed E-state index contributed by atoms with van der Waals surface area (Å²) in [7, 11) is 1.24. The highest BCUT2D eigenvalue weighted by Gasteiger charge is 2.38. The Morgan fingerprint density at radius 3 is 2.74 bits per heavy atom. The molecule has 7 heteroatoms. The van der Waals surface area contributed by atoms with Gasteiger partial charge in [-0.3, -0.25) is 4.90 Å². The second-order valence-electron chi connectivity index (χ2n) is 5.16. The Hall–Kier alpha value is -2.08. The number of amides is 2. The molecule has 0 unspecified atom stereocenters. The monoisotopic (exact) mass is 340 g/mol. The van der Waals surface area contributed by atoms with Crippen molar-refractivity contribution in [1.82, 2.24) is 10.2 Å². The lowest BCUT2D eigenvalue weighted by Gasteiger charge is -2.35.